The van der Waals surface area contributed by atoms with E-state index in [1.807, 2.05) is 30.0 Å². The third-order valence-corrected chi connectivity index (χ3v) is 4.33. The number of aromatic amines is 1. The molecule has 3 heterocycles. The summed E-state index contributed by atoms with van der Waals surface area (Å²) in [5, 5.41) is 0. The molecule has 1 aliphatic rings. The van der Waals surface area contributed by atoms with Crippen LogP contribution in [0.15, 0.2) is 30.5 Å². The number of H-pyrrole nitrogens is 1. The highest BCUT2D eigenvalue weighted by molar-refractivity contribution is 5.92. The third kappa shape index (κ3) is 3.59. The van der Waals surface area contributed by atoms with E-state index in [0.29, 0.717) is 18.8 Å². The lowest BCUT2D eigenvalue weighted by atomic mass is 10.2. The molecule has 0 saturated carbocycles. The quantitative estimate of drug-likeness (QED) is 0.929. The van der Waals surface area contributed by atoms with Gasteiger partial charge in [0.1, 0.15) is 11.5 Å². The maximum absolute atomic E-state index is 12.7. The first-order valence-corrected chi connectivity index (χ1v) is 8.33. The molecule has 2 aromatic heterocycles. The molecular formula is C18H25N5O. The molecule has 0 aliphatic carbocycles. The number of hydrogen-bond donors (Lipinski definition) is 1. The van der Waals surface area contributed by atoms with Crippen molar-refractivity contribution in [1.82, 2.24) is 19.8 Å². The summed E-state index contributed by atoms with van der Waals surface area (Å²) in [6, 6.07) is 7.80. The molecule has 0 aromatic carbocycles. The first-order chi connectivity index (χ1) is 11.5. The lowest BCUT2D eigenvalue weighted by molar-refractivity contribution is 0.0746. The SMILES string of the molecule is Cc1ccc2c(n1)N(CCN(C)C)CCN(C(=O)c1ccc[nH]1)C2. The molecule has 6 heteroatoms. The van der Waals surface area contributed by atoms with Crippen LogP contribution in [-0.2, 0) is 6.54 Å². The minimum atomic E-state index is 0.0426. The summed E-state index contributed by atoms with van der Waals surface area (Å²) in [5.41, 5.74) is 2.75. The minimum absolute atomic E-state index is 0.0426. The molecule has 0 saturated heterocycles. The van der Waals surface area contributed by atoms with Crippen LogP contribution >= 0.6 is 0 Å². The fourth-order valence-electron chi connectivity index (χ4n) is 2.95. The summed E-state index contributed by atoms with van der Waals surface area (Å²) < 4.78 is 0. The Morgan fingerprint density at radius 3 is 2.83 bits per heavy atom. The van der Waals surface area contributed by atoms with Gasteiger partial charge >= 0.3 is 0 Å². The first kappa shape index (κ1) is 16.5. The Morgan fingerprint density at radius 1 is 1.29 bits per heavy atom. The fourth-order valence-corrected chi connectivity index (χ4v) is 2.95. The van der Waals surface area contributed by atoms with Crippen LogP contribution in [0, 0.1) is 6.92 Å². The van der Waals surface area contributed by atoms with Gasteiger partial charge in [-0.2, -0.15) is 0 Å². The molecule has 3 rings (SSSR count). The number of aryl methyl sites for hydroxylation is 1. The van der Waals surface area contributed by atoms with Crippen LogP contribution in [0.4, 0.5) is 5.82 Å². The lowest BCUT2D eigenvalue weighted by Crippen LogP contribution is -2.38. The fraction of sp³-hybridized carbons (Fsp3) is 0.444. The standard InChI is InChI=1S/C18H25N5O/c1-14-6-7-15-13-23(18(24)16-5-4-8-19-16)12-11-22(17(15)20-14)10-9-21(2)3/h4-8,19H,9-13H2,1-3H3. The molecular weight excluding hydrogens is 302 g/mol. The molecule has 0 radical (unpaired) electrons. The number of pyridine rings is 1. The molecule has 0 fully saturated rings. The van der Waals surface area contributed by atoms with Crippen molar-refractivity contribution in [2.45, 2.75) is 13.5 Å². The summed E-state index contributed by atoms with van der Waals surface area (Å²) in [7, 11) is 4.15. The highest BCUT2D eigenvalue weighted by Gasteiger charge is 2.25. The van der Waals surface area contributed by atoms with Crippen molar-refractivity contribution in [2.75, 3.05) is 45.2 Å². The summed E-state index contributed by atoms with van der Waals surface area (Å²) in [6.45, 7) is 5.96. The topological polar surface area (TPSA) is 55.5 Å². The van der Waals surface area contributed by atoms with Gasteiger partial charge in [-0.15, -0.1) is 0 Å². The number of carbonyl (C=O) groups is 1. The van der Waals surface area contributed by atoms with E-state index in [1.165, 1.54) is 0 Å². The van der Waals surface area contributed by atoms with Crippen LogP contribution in [0.5, 0.6) is 0 Å². The Labute approximate surface area is 143 Å². The van der Waals surface area contributed by atoms with E-state index in [1.54, 1.807) is 6.20 Å². The van der Waals surface area contributed by atoms with Gasteiger partial charge in [-0.3, -0.25) is 4.79 Å². The van der Waals surface area contributed by atoms with Crippen molar-refractivity contribution in [1.29, 1.82) is 0 Å². The van der Waals surface area contributed by atoms with Gasteiger partial charge in [-0.05, 0) is 39.2 Å². The van der Waals surface area contributed by atoms with E-state index in [4.69, 9.17) is 4.98 Å². The number of anilines is 1. The lowest BCUT2D eigenvalue weighted by Gasteiger charge is -2.25. The smallest absolute Gasteiger partial charge is 0.270 e. The average Bonchev–Trinajstić information content (AvgIpc) is 3.02. The van der Waals surface area contributed by atoms with E-state index in [9.17, 15) is 4.79 Å². The third-order valence-electron chi connectivity index (χ3n) is 4.33. The first-order valence-electron chi connectivity index (χ1n) is 8.33. The zero-order valence-corrected chi connectivity index (χ0v) is 14.6. The predicted molar refractivity (Wildman–Crippen MR) is 95.3 cm³/mol. The number of nitrogens with zero attached hydrogens (tertiary/aromatic N) is 4. The second-order valence-electron chi connectivity index (χ2n) is 6.54. The number of aromatic nitrogens is 2. The number of rotatable bonds is 4. The van der Waals surface area contributed by atoms with Gasteiger partial charge < -0.3 is 19.7 Å². The van der Waals surface area contributed by atoms with Gasteiger partial charge in [0, 0.05) is 50.2 Å². The van der Waals surface area contributed by atoms with E-state index >= 15 is 0 Å². The van der Waals surface area contributed by atoms with Crippen molar-refractivity contribution in [3.05, 3.63) is 47.4 Å². The van der Waals surface area contributed by atoms with E-state index in [-0.39, 0.29) is 5.91 Å². The molecule has 1 aliphatic heterocycles. The Bertz CT molecular complexity index is 695. The molecule has 1 N–H and O–H groups in total. The van der Waals surface area contributed by atoms with Crippen LogP contribution in [-0.4, -0.2) is 65.9 Å². The number of nitrogens with one attached hydrogen (secondary N) is 1. The van der Waals surface area contributed by atoms with Gasteiger partial charge in [-0.1, -0.05) is 6.07 Å². The Morgan fingerprint density at radius 2 is 2.12 bits per heavy atom. The summed E-state index contributed by atoms with van der Waals surface area (Å²) in [4.78, 5) is 26.8. The number of likely N-dealkylation sites (N-methyl/N-ethyl adjacent to an activating group) is 1. The Kier molecular flexibility index (Phi) is 4.85. The average molecular weight is 327 g/mol. The van der Waals surface area contributed by atoms with Crippen molar-refractivity contribution in [3.63, 3.8) is 0 Å². The molecule has 0 spiro atoms. The van der Waals surface area contributed by atoms with Crippen molar-refractivity contribution in [3.8, 4) is 0 Å². The van der Waals surface area contributed by atoms with Gasteiger partial charge in [0.15, 0.2) is 0 Å². The molecule has 1 amide bonds. The van der Waals surface area contributed by atoms with E-state index in [2.05, 4.69) is 34.9 Å². The summed E-state index contributed by atoms with van der Waals surface area (Å²) in [5.74, 6) is 1.06. The Hall–Kier alpha value is -2.34. The van der Waals surface area contributed by atoms with Crippen LogP contribution < -0.4 is 4.90 Å². The van der Waals surface area contributed by atoms with Crippen LogP contribution in [0.2, 0.25) is 0 Å². The number of carbonyl (C=O) groups excluding carboxylic acids is 1. The molecule has 0 bridgehead atoms. The molecule has 6 nitrogen and oxygen atoms in total. The largest absolute Gasteiger partial charge is 0.357 e. The van der Waals surface area contributed by atoms with Gasteiger partial charge in [0.2, 0.25) is 0 Å². The molecule has 2 aromatic rings. The second kappa shape index (κ2) is 7.05. The summed E-state index contributed by atoms with van der Waals surface area (Å²) >= 11 is 0. The van der Waals surface area contributed by atoms with Gasteiger partial charge in [0.25, 0.3) is 5.91 Å². The van der Waals surface area contributed by atoms with Crippen molar-refractivity contribution < 1.29 is 4.79 Å². The number of fused-ring (bicyclic) bond motifs is 1. The van der Waals surface area contributed by atoms with Crippen LogP contribution in [0.25, 0.3) is 0 Å². The van der Waals surface area contributed by atoms with Crippen molar-refractivity contribution >= 4 is 11.7 Å². The maximum Gasteiger partial charge on any atom is 0.270 e. The van der Waals surface area contributed by atoms with E-state index < -0.39 is 0 Å². The second-order valence-corrected chi connectivity index (χ2v) is 6.54. The summed E-state index contributed by atoms with van der Waals surface area (Å²) in [6.07, 6.45) is 1.79. The highest BCUT2D eigenvalue weighted by Crippen LogP contribution is 2.24. The molecule has 24 heavy (non-hydrogen) atoms. The highest BCUT2D eigenvalue weighted by atomic mass is 16.2. The van der Waals surface area contributed by atoms with E-state index in [0.717, 1.165) is 36.7 Å². The normalized spacial score (nSPS) is 14.7. The number of hydrogen-bond acceptors (Lipinski definition) is 4. The maximum atomic E-state index is 12.7. The molecule has 128 valence electrons. The molecule has 0 atom stereocenters. The number of amides is 1. The van der Waals surface area contributed by atoms with Gasteiger partial charge in [0.05, 0.1) is 0 Å². The van der Waals surface area contributed by atoms with Crippen molar-refractivity contribution in [2.24, 2.45) is 0 Å². The zero-order valence-electron chi connectivity index (χ0n) is 14.6. The Balaban J connectivity index is 1.85. The molecule has 0 unspecified atom stereocenters. The van der Waals surface area contributed by atoms with Gasteiger partial charge in [-0.25, -0.2) is 4.98 Å². The van der Waals surface area contributed by atoms with Crippen LogP contribution in [0.1, 0.15) is 21.7 Å². The minimum Gasteiger partial charge on any atom is -0.357 e. The van der Waals surface area contributed by atoms with Crippen LogP contribution in [0.3, 0.4) is 0 Å². The monoisotopic (exact) mass is 327 g/mol. The zero-order chi connectivity index (χ0) is 17.1. The predicted octanol–water partition coefficient (Wildman–Crippen LogP) is 1.74.